The number of rotatable bonds is 5. The fraction of sp³-hybridized carbons (Fsp3) is 0.0588. The standard InChI is InChI=1S/C17H11ClN4O2/c1-24-14-6-7-16(22-21-13(9-19)10-20)15(8-14)17(23)11-2-4-12(18)5-3-11/h2-8,22H,1H3. The zero-order valence-electron chi connectivity index (χ0n) is 12.6. The Hall–Kier alpha value is -3.35. The monoisotopic (exact) mass is 338 g/mol. The van der Waals surface area contributed by atoms with Gasteiger partial charge in [0.1, 0.15) is 17.9 Å². The molecule has 24 heavy (non-hydrogen) atoms. The molecule has 0 saturated carbocycles. The van der Waals surface area contributed by atoms with E-state index in [4.69, 9.17) is 26.9 Å². The predicted octanol–water partition coefficient (Wildman–Crippen LogP) is 3.39. The number of halogens is 1. The van der Waals surface area contributed by atoms with E-state index in [0.717, 1.165) is 0 Å². The molecule has 0 heterocycles. The minimum Gasteiger partial charge on any atom is -0.497 e. The first-order chi connectivity index (χ1) is 11.6. The van der Waals surface area contributed by atoms with Crippen LogP contribution < -0.4 is 10.2 Å². The Bertz CT molecular complexity index is 861. The van der Waals surface area contributed by atoms with Crippen molar-refractivity contribution in [2.75, 3.05) is 12.5 Å². The van der Waals surface area contributed by atoms with E-state index in [1.807, 2.05) is 0 Å². The molecule has 2 rings (SSSR count). The quantitative estimate of drug-likeness (QED) is 0.512. The molecule has 0 unspecified atom stereocenters. The Morgan fingerprint density at radius 3 is 2.42 bits per heavy atom. The van der Waals surface area contributed by atoms with Crippen LogP contribution in [0.25, 0.3) is 0 Å². The average molecular weight is 339 g/mol. The number of hydrazone groups is 1. The van der Waals surface area contributed by atoms with Gasteiger partial charge in [-0.2, -0.15) is 15.6 Å². The van der Waals surface area contributed by atoms with Crippen LogP contribution in [0.1, 0.15) is 15.9 Å². The van der Waals surface area contributed by atoms with Crippen LogP contribution in [0, 0.1) is 22.7 Å². The van der Waals surface area contributed by atoms with Gasteiger partial charge in [0.25, 0.3) is 0 Å². The van der Waals surface area contributed by atoms with Crippen molar-refractivity contribution in [3.05, 3.63) is 58.6 Å². The summed E-state index contributed by atoms with van der Waals surface area (Å²) in [7, 11) is 1.49. The highest BCUT2D eigenvalue weighted by molar-refractivity contribution is 6.30. The molecule has 0 radical (unpaired) electrons. The van der Waals surface area contributed by atoms with Gasteiger partial charge in [-0.3, -0.25) is 10.2 Å². The number of benzene rings is 2. The minimum atomic E-state index is -0.351. The van der Waals surface area contributed by atoms with Gasteiger partial charge in [-0.05, 0) is 42.5 Å². The van der Waals surface area contributed by atoms with Crippen LogP contribution in [0.4, 0.5) is 5.69 Å². The van der Waals surface area contributed by atoms with Gasteiger partial charge < -0.3 is 4.74 Å². The largest absolute Gasteiger partial charge is 0.497 e. The fourth-order valence-corrected chi connectivity index (χ4v) is 2.01. The molecule has 0 aliphatic rings. The van der Waals surface area contributed by atoms with Crippen LogP contribution in [-0.2, 0) is 0 Å². The molecule has 1 N–H and O–H groups in total. The molecule has 2 aromatic rings. The summed E-state index contributed by atoms with van der Waals surface area (Å²) in [6, 6.07) is 14.5. The van der Waals surface area contributed by atoms with Gasteiger partial charge in [0.2, 0.25) is 5.71 Å². The number of nitrogens with one attached hydrogen (secondary N) is 1. The third-order valence-corrected chi connectivity index (χ3v) is 3.33. The van der Waals surface area contributed by atoms with E-state index in [0.29, 0.717) is 22.0 Å². The maximum Gasteiger partial charge on any atom is 0.237 e. The van der Waals surface area contributed by atoms with Gasteiger partial charge in [-0.15, -0.1) is 0 Å². The van der Waals surface area contributed by atoms with Gasteiger partial charge in [-0.1, -0.05) is 11.6 Å². The molecular formula is C17H11ClN4O2. The topological polar surface area (TPSA) is 98.3 Å². The number of methoxy groups -OCH3 is 1. The van der Waals surface area contributed by atoms with Crippen LogP contribution in [-0.4, -0.2) is 18.6 Å². The van der Waals surface area contributed by atoms with Crippen molar-refractivity contribution in [2.24, 2.45) is 5.10 Å². The Morgan fingerprint density at radius 1 is 1.17 bits per heavy atom. The summed E-state index contributed by atoms with van der Waals surface area (Å²) < 4.78 is 5.14. The molecule has 0 spiro atoms. The number of nitrogens with zero attached hydrogens (tertiary/aromatic N) is 3. The molecule has 118 valence electrons. The highest BCUT2D eigenvalue weighted by atomic mass is 35.5. The van der Waals surface area contributed by atoms with Crippen molar-refractivity contribution in [1.82, 2.24) is 0 Å². The molecule has 6 nitrogen and oxygen atoms in total. The number of carbonyl (C=O) groups is 1. The molecule has 0 fully saturated rings. The van der Waals surface area contributed by atoms with Crippen LogP contribution in [0.15, 0.2) is 47.6 Å². The summed E-state index contributed by atoms with van der Waals surface area (Å²) in [6.45, 7) is 0. The number of ketones is 1. The van der Waals surface area contributed by atoms with Gasteiger partial charge in [-0.25, -0.2) is 0 Å². The normalized spacial score (nSPS) is 9.33. The number of carbonyl (C=O) groups excluding carboxylic acids is 1. The van der Waals surface area contributed by atoms with Crippen molar-refractivity contribution in [1.29, 1.82) is 10.5 Å². The zero-order valence-corrected chi connectivity index (χ0v) is 13.3. The van der Waals surface area contributed by atoms with Crippen molar-refractivity contribution in [3.8, 4) is 17.9 Å². The molecule has 0 bridgehead atoms. The second-order valence-corrected chi connectivity index (χ2v) is 4.98. The Morgan fingerprint density at radius 2 is 1.83 bits per heavy atom. The molecular weight excluding hydrogens is 328 g/mol. The lowest BCUT2D eigenvalue weighted by atomic mass is 10.0. The van der Waals surface area contributed by atoms with Gasteiger partial charge in [0, 0.05) is 10.6 Å². The number of hydrogen-bond donors (Lipinski definition) is 1. The van der Waals surface area contributed by atoms with E-state index in [2.05, 4.69) is 10.5 Å². The smallest absolute Gasteiger partial charge is 0.237 e. The molecule has 0 aliphatic carbocycles. The lowest BCUT2D eigenvalue weighted by Gasteiger charge is -2.10. The third kappa shape index (κ3) is 3.89. The molecule has 0 aliphatic heterocycles. The second-order valence-electron chi connectivity index (χ2n) is 4.54. The van der Waals surface area contributed by atoms with Gasteiger partial charge >= 0.3 is 0 Å². The Balaban J connectivity index is 2.45. The number of anilines is 1. The van der Waals surface area contributed by atoms with Crippen LogP contribution in [0.5, 0.6) is 5.75 Å². The first-order valence-electron chi connectivity index (χ1n) is 6.71. The molecule has 0 saturated heterocycles. The Labute approximate surface area is 143 Å². The summed E-state index contributed by atoms with van der Waals surface area (Å²) in [5.74, 6) is 0.210. The Kier molecular flexibility index (Phi) is 5.51. The number of hydrogen-bond acceptors (Lipinski definition) is 6. The lowest BCUT2D eigenvalue weighted by Crippen LogP contribution is -2.07. The van der Waals surface area contributed by atoms with Gasteiger partial charge in [0.05, 0.1) is 18.4 Å². The van der Waals surface area contributed by atoms with E-state index < -0.39 is 0 Å². The van der Waals surface area contributed by atoms with E-state index in [1.54, 1.807) is 54.6 Å². The summed E-state index contributed by atoms with van der Waals surface area (Å²) >= 11 is 5.84. The van der Waals surface area contributed by atoms with Crippen molar-refractivity contribution in [3.63, 3.8) is 0 Å². The van der Waals surface area contributed by atoms with Gasteiger partial charge in [0.15, 0.2) is 5.78 Å². The number of nitriles is 2. The lowest BCUT2D eigenvalue weighted by molar-refractivity contribution is 0.103. The first kappa shape index (κ1) is 17.0. The first-order valence-corrected chi connectivity index (χ1v) is 7.09. The van der Waals surface area contributed by atoms with Crippen molar-refractivity contribution < 1.29 is 9.53 Å². The molecule has 7 heteroatoms. The summed E-state index contributed by atoms with van der Waals surface area (Å²) in [4.78, 5) is 12.7. The highest BCUT2D eigenvalue weighted by Crippen LogP contribution is 2.25. The van der Waals surface area contributed by atoms with Crippen LogP contribution in [0.2, 0.25) is 5.02 Å². The zero-order chi connectivity index (χ0) is 17.5. The second kappa shape index (κ2) is 7.77. The minimum absolute atomic E-state index is 0.279. The predicted molar refractivity (Wildman–Crippen MR) is 90.2 cm³/mol. The van der Waals surface area contributed by atoms with Crippen molar-refractivity contribution >= 4 is 28.8 Å². The summed E-state index contributed by atoms with van der Waals surface area (Å²) in [5, 5.41) is 21.6. The fourth-order valence-electron chi connectivity index (χ4n) is 1.88. The molecule has 0 amide bonds. The molecule has 0 aromatic heterocycles. The summed E-state index contributed by atoms with van der Waals surface area (Å²) in [5.41, 5.74) is 3.28. The average Bonchev–Trinajstić information content (AvgIpc) is 2.62. The van der Waals surface area contributed by atoms with Crippen molar-refractivity contribution in [2.45, 2.75) is 0 Å². The van der Waals surface area contributed by atoms with Crippen LogP contribution in [0.3, 0.4) is 0 Å². The molecule has 2 aromatic carbocycles. The maximum absolute atomic E-state index is 12.7. The molecule has 0 atom stereocenters. The summed E-state index contributed by atoms with van der Waals surface area (Å²) in [6.07, 6.45) is 0. The number of ether oxygens (including phenoxy) is 1. The van der Waals surface area contributed by atoms with E-state index >= 15 is 0 Å². The van der Waals surface area contributed by atoms with E-state index in [9.17, 15) is 4.79 Å². The SMILES string of the molecule is COc1ccc(NN=C(C#N)C#N)c(C(=O)c2ccc(Cl)cc2)c1. The highest BCUT2D eigenvalue weighted by Gasteiger charge is 2.15. The van der Waals surface area contributed by atoms with E-state index in [1.165, 1.54) is 7.11 Å². The third-order valence-electron chi connectivity index (χ3n) is 3.08. The van der Waals surface area contributed by atoms with Crippen LogP contribution >= 0.6 is 11.6 Å². The maximum atomic E-state index is 12.7. The van der Waals surface area contributed by atoms with E-state index in [-0.39, 0.29) is 17.1 Å².